The summed E-state index contributed by atoms with van der Waals surface area (Å²) in [6.07, 6.45) is 0.503. The third kappa shape index (κ3) is 5.36. The van der Waals surface area contributed by atoms with Crippen LogP contribution in [-0.2, 0) is 9.53 Å². The van der Waals surface area contributed by atoms with Gasteiger partial charge in [0.2, 0.25) is 0 Å². The van der Waals surface area contributed by atoms with Gasteiger partial charge in [-0.3, -0.25) is 9.79 Å². The Morgan fingerprint density at radius 2 is 2.07 bits per heavy atom. The van der Waals surface area contributed by atoms with Crippen LogP contribution in [0.15, 0.2) is 4.99 Å². The molecule has 0 aromatic heterocycles. The van der Waals surface area contributed by atoms with E-state index in [1.54, 1.807) is 0 Å². The highest BCUT2D eigenvalue weighted by atomic mass is 16.5. The number of nitrogens with two attached hydrogens (primary N) is 3. The number of ether oxygens (including phenoxy) is 1. The van der Waals surface area contributed by atoms with Crippen LogP contribution in [0, 0.1) is 5.92 Å². The first-order valence-corrected chi connectivity index (χ1v) is 4.36. The molecule has 0 spiro atoms. The number of guanidine groups is 1. The highest BCUT2D eigenvalue weighted by molar-refractivity contribution is 5.76. The molecule has 14 heavy (non-hydrogen) atoms. The fourth-order valence-corrected chi connectivity index (χ4v) is 1.02. The molecular weight excluding hydrogens is 184 g/mol. The first-order chi connectivity index (χ1) is 6.47. The maximum absolute atomic E-state index is 11.0. The van der Waals surface area contributed by atoms with Gasteiger partial charge in [-0.2, -0.15) is 0 Å². The van der Waals surface area contributed by atoms with Gasteiger partial charge in [-0.05, 0) is 12.3 Å². The van der Waals surface area contributed by atoms with Crippen molar-refractivity contribution in [3.63, 3.8) is 0 Å². The molecule has 0 bridgehead atoms. The lowest BCUT2D eigenvalue weighted by Gasteiger charge is -2.13. The van der Waals surface area contributed by atoms with Crippen molar-refractivity contribution in [1.29, 1.82) is 0 Å². The van der Waals surface area contributed by atoms with E-state index in [0.717, 1.165) is 0 Å². The van der Waals surface area contributed by atoms with E-state index in [-0.39, 0.29) is 11.9 Å². The lowest BCUT2D eigenvalue weighted by atomic mass is 10.0. The maximum atomic E-state index is 11.0. The number of esters is 1. The molecule has 0 radical (unpaired) electrons. The van der Waals surface area contributed by atoms with Gasteiger partial charge in [0, 0.05) is 6.54 Å². The van der Waals surface area contributed by atoms with Gasteiger partial charge in [-0.15, -0.1) is 0 Å². The molecule has 0 fully saturated rings. The van der Waals surface area contributed by atoms with Crippen molar-refractivity contribution in [3.05, 3.63) is 0 Å². The molecule has 0 aromatic carbocycles. The lowest BCUT2D eigenvalue weighted by Crippen LogP contribution is -2.34. The number of methoxy groups -OCH3 is 1. The van der Waals surface area contributed by atoms with Crippen molar-refractivity contribution in [2.75, 3.05) is 13.7 Å². The minimum absolute atomic E-state index is 0.0449. The normalized spacial score (nSPS) is 14.2. The molecule has 0 aliphatic heterocycles. The van der Waals surface area contributed by atoms with Crippen molar-refractivity contribution in [2.45, 2.75) is 19.4 Å². The van der Waals surface area contributed by atoms with Gasteiger partial charge in [0.1, 0.15) is 6.04 Å². The molecule has 0 saturated heterocycles. The van der Waals surface area contributed by atoms with E-state index in [4.69, 9.17) is 17.2 Å². The van der Waals surface area contributed by atoms with E-state index in [2.05, 4.69) is 9.73 Å². The summed E-state index contributed by atoms with van der Waals surface area (Å²) < 4.78 is 4.49. The summed E-state index contributed by atoms with van der Waals surface area (Å²) in [6.45, 7) is 2.38. The second-order valence-electron chi connectivity index (χ2n) is 3.24. The van der Waals surface area contributed by atoms with Crippen molar-refractivity contribution in [1.82, 2.24) is 0 Å². The highest BCUT2D eigenvalue weighted by Gasteiger charge is 2.16. The summed E-state index contributed by atoms with van der Waals surface area (Å²) in [6, 6.07) is -0.607. The molecule has 6 N–H and O–H groups in total. The van der Waals surface area contributed by atoms with Crippen molar-refractivity contribution in [2.24, 2.45) is 28.1 Å². The fourth-order valence-electron chi connectivity index (χ4n) is 1.02. The predicted octanol–water partition coefficient (Wildman–Crippen LogP) is -1.21. The maximum Gasteiger partial charge on any atom is 0.322 e. The third-order valence-electron chi connectivity index (χ3n) is 1.75. The molecule has 0 aliphatic carbocycles. The van der Waals surface area contributed by atoms with Gasteiger partial charge in [-0.25, -0.2) is 0 Å². The number of hydrogen-bond donors (Lipinski definition) is 3. The molecule has 0 rings (SSSR count). The minimum atomic E-state index is -0.607. The standard InChI is InChI=1S/C8H18N4O2/c1-5(4-12-8(10)11)3-6(9)7(13)14-2/h5-6H,3-4,9H2,1-2H3,(H4,10,11,12)/t5?,6-/m0/s1. The number of hydrogen-bond acceptors (Lipinski definition) is 4. The lowest BCUT2D eigenvalue weighted by molar-refractivity contribution is -0.142. The molecule has 0 amide bonds. The van der Waals surface area contributed by atoms with E-state index >= 15 is 0 Å². The zero-order valence-electron chi connectivity index (χ0n) is 8.56. The minimum Gasteiger partial charge on any atom is -0.468 e. The van der Waals surface area contributed by atoms with Crippen molar-refractivity contribution < 1.29 is 9.53 Å². The van der Waals surface area contributed by atoms with Gasteiger partial charge in [0.15, 0.2) is 5.96 Å². The Morgan fingerprint density at radius 3 is 2.50 bits per heavy atom. The van der Waals surface area contributed by atoms with Gasteiger partial charge in [0.25, 0.3) is 0 Å². The van der Waals surface area contributed by atoms with Crippen LogP contribution in [0.1, 0.15) is 13.3 Å². The van der Waals surface area contributed by atoms with Gasteiger partial charge < -0.3 is 21.9 Å². The van der Waals surface area contributed by atoms with E-state index in [1.165, 1.54) is 7.11 Å². The number of carbonyl (C=O) groups is 1. The Bertz CT molecular complexity index is 213. The monoisotopic (exact) mass is 202 g/mol. The Kier molecular flexibility index (Phi) is 5.62. The Labute approximate surface area is 83.5 Å². The summed E-state index contributed by atoms with van der Waals surface area (Å²) in [5.41, 5.74) is 15.9. The van der Waals surface area contributed by atoms with Crippen LogP contribution in [0.5, 0.6) is 0 Å². The van der Waals surface area contributed by atoms with Crippen LogP contribution in [0.25, 0.3) is 0 Å². The Hall–Kier alpha value is -1.30. The number of nitrogens with zero attached hydrogens (tertiary/aromatic N) is 1. The predicted molar refractivity (Wildman–Crippen MR) is 54.4 cm³/mol. The summed E-state index contributed by atoms with van der Waals surface area (Å²) in [5.74, 6) is -0.226. The zero-order chi connectivity index (χ0) is 11.1. The highest BCUT2D eigenvalue weighted by Crippen LogP contribution is 2.05. The topological polar surface area (TPSA) is 117 Å². The molecule has 1 unspecified atom stereocenters. The molecular formula is C8H18N4O2. The van der Waals surface area contributed by atoms with Crippen molar-refractivity contribution in [3.8, 4) is 0 Å². The van der Waals surface area contributed by atoms with E-state index in [1.807, 2.05) is 6.92 Å². The summed E-state index contributed by atoms with van der Waals surface area (Å²) in [4.78, 5) is 14.8. The van der Waals surface area contributed by atoms with Gasteiger partial charge in [0.05, 0.1) is 7.11 Å². The van der Waals surface area contributed by atoms with E-state index < -0.39 is 12.0 Å². The molecule has 6 nitrogen and oxygen atoms in total. The SMILES string of the molecule is COC(=O)[C@@H](N)CC(C)CN=C(N)N. The van der Waals surface area contributed by atoms with E-state index in [9.17, 15) is 4.79 Å². The van der Waals surface area contributed by atoms with Crippen LogP contribution in [0.3, 0.4) is 0 Å². The molecule has 2 atom stereocenters. The molecule has 0 saturated carbocycles. The average molecular weight is 202 g/mol. The molecule has 0 aliphatic rings. The molecule has 0 aromatic rings. The van der Waals surface area contributed by atoms with E-state index in [0.29, 0.717) is 13.0 Å². The second kappa shape index (κ2) is 6.20. The average Bonchev–Trinajstić information content (AvgIpc) is 2.13. The quantitative estimate of drug-likeness (QED) is 0.294. The van der Waals surface area contributed by atoms with Crippen LogP contribution in [-0.4, -0.2) is 31.6 Å². The second-order valence-corrected chi connectivity index (χ2v) is 3.24. The molecule has 6 heteroatoms. The number of carbonyl (C=O) groups excluding carboxylic acids is 1. The van der Waals surface area contributed by atoms with Crippen LogP contribution in [0.2, 0.25) is 0 Å². The Morgan fingerprint density at radius 1 is 1.50 bits per heavy atom. The first kappa shape index (κ1) is 12.7. The summed E-state index contributed by atoms with van der Waals surface area (Å²) >= 11 is 0. The van der Waals surface area contributed by atoms with Gasteiger partial charge in [-0.1, -0.05) is 6.92 Å². The summed E-state index contributed by atoms with van der Waals surface area (Å²) in [7, 11) is 1.31. The van der Waals surface area contributed by atoms with Crippen LogP contribution in [0.4, 0.5) is 0 Å². The van der Waals surface area contributed by atoms with Crippen molar-refractivity contribution >= 4 is 11.9 Å². The van der Waals surface area contributed by atoms with Crippen LogP contribution < -0.4 is 17.2 Å². The zero-order valence-corrected chi connectivity index (χ0v) is 8.56. The van der Waals surface area contributed by atoms with Gasteiger partial charge >= 0.3 is 5.97 Å². The largest absolute Gasteiger partial charge is 0.468 e. The smallest absolute Gasteiger partial charge is 0.322 e. The number of rotatable bonds is 5. The molecule has 0 heterocycles. The Balaban J connectivity index is 3.88. The number of aliphatic imine (C=N–C) groups is 1. The van der Waals surface area contributed by atoms with Crippen LogP contribution >= 0.6 is 0 Å². The summed E-state index contributed by atoms with van der Waals surface area (Å²) in [5, 5.41) is 0. The third-order valence-corrected chi connectivity index (χ3v) is 1.75. The fraction of sp³-hybridized carbons (Fsp3) is 0.750. The first-order valence-electron chi connectivity index (χ1n) is 4.36. The molecule has 82 valence electrons.